The largest absolute Gasteiger partial charge is 0.465 e. The molecular weight excluding hydrogens is 256 g/mol. The first-order valence-electron chi connectivity index (χ1n) is 6.98. The molecule has 5 heteroatoms. The minimum absolute atomic E-state index is 0.444. The summed E-state index contributed by atoms with van der Waals surface area (Å²) in [6.45, 7) is 0.444. The van der Waals surface area contributed by atoms with Crippen molar-refractivity contribution in [2.75, 3.05) is 6.54 Å². The van der Waals surface area contributed by atoms with Gasteiger partial charge in [0.15, 0.2) is 0 Å². The Kier molecular flexibility index (Phi) is 3.12. The van der Waals surface area contributed by atoms with Crippen LogP contribution < -0.4 is 5.32 Å². The van der Waals surface area contributed by atoms with Gasteiger partial charge < -0.3 is 10.4 Å². The topological polar surface area (TPSA) is 69.6 Å². The maximum atomic E-state index is 11.7. The van der Waals surface area contributed by atoms with E-state index in [9.17, 15) is 14.7 Å². The van der Waals surface area contributed by atoms with Crippen molar-refractivity contribution in [3.8, 4) is 0 Å². The molecule has 0 radical (unpaired) electrons. The standard InChI is InChI=1S/C15H18N2O3/c18-13-16-10-15(17(13)14(19)20)8-6-12(7-9-15)11-4-2-1-3-5-11/h1-5,12H,6-10H2,(H,16,18)(H,19,20). The molecule has 2 aliphatic rings. The van der Waals surface area contributed by atoms with Crippen LogP contribution in [0.4, 0.5) is 9.59 Å². The van der Waals surface area contributed by atoms with Crippen LogP contribution in [0.1, 0.15) is 37.2 Å². The van der Waals surface area contributed by atoms with Gasteiger partial charge in [0.2, 0.25) is 0 Å². The third-order valence-corrected chi connectivity index (χ3v) is 4.62. The van der Waals surface area contributed by atoms with Gasteiger partial charge in [0.05, 0.1) is 5.54 Å². The molecule has 2 fully saturated rings. The van der Waals surface area contributed by atoms with Crippen LogP contribution in [-0.2, 0) is 0 Å². The van der Waals surface area contributed by atoms with Crippen molar-refractivity contribution in [2.24, 2.45) is 0 Å². The summed E-state index contributed by atoms with van der Waals surface area (Å²) in [5.41, 5.74) is 0.773. The fourth-order valence-corrected chi connectivity index (χ4v) is 3.52. The van der Waals surface area contributed by atoms with Gasteiger partial charge in [-0.3, -0.25) is 0 Å². The minimum atomic E-state index is -1.14. The Balaban J connectivity index is 1.75. The Labute approximate surface area is 117 Å². The smallest absolute Gasteiger partial charge is 0.416 e. The van der Waals surface area contributed by atoms with Gasteiger partial charge in [-0.1, -0.05) is 30.3 Å². The lowest BCUT2D eigenvalue weighted by Crippen LogP contribution is -2.51. The first kappa shape index (κ1) is 13.0. The van der Waals surface area contributed by atoms with Crippen molar-refractivity contribution in [3.63, 3.8) is 0 Å². The van der Waals surface area contributed by atoms with Gasteiger partial charge in [-0.15, -0.1) is 0 Å². The number of rotatable bonds is 1. The highest BCUT2D eigenvalue weighted by atomic mass is 16.4. The molecular formula is C15H18N2O3. The number of nitrogens with one attached hydrogen (secondary N) is 1. The fraction of sp³-hybridized carbons (Fsp3) is 0.467. The summed E-state index contributed by atoms with van der Waals surface area (Å²) >= 11 is 0. The van der Waals surface area contributed by atoms with Crippen molar-refractivity contribution in [2.45, 2.75) is 37.1 Å². The van der Waals surface area contributed by atoms with Crippen molar-refractivity contribution in [3.05, 3.63) is 35.9 Å². The molecule has 0 aromatic heterocycles. The second-order valence-electron chi connectivity index (χ2n) is 5.69. The predicted molar refractivity (Wildman–Crippen MR) is 73.6 cm³/mol. The molecule has 5 nitrogen and oxygen atoms in total. The monoisotopic (exact) mass is 274 g/mol. The predicted octanol–water partition coefficient (Wildman–Crippen LogP) is 2.79. The van der Waals surface area contributed by atoms with Gasteiger partial charge in [-0.25, -0.2) is 14.5 Å². The molecule has 1 aliphatic heterocycles. The van der Waals surface area contributed by atoms with Crippen molar-refractivity contribution >= 4 is 12.1 Å². The molecule has 3 amide bonds. The second-order valence-corrected chi connectivity index (χ2v) is 5.69. The van der Waals surface area contributed by atoms with Gasteiger partial charge in [0.25, 0.3) is 0 Å². The van der Waals surface area contributed by atoms with Gasteiger partial charge in [-0.05, 0) is 37.2 Å². The van der Waals surface area contributed by atoms with Crippen LogP contribution in [-0.4, -0.2) is 34.2 Å². The number of hydrogen-bond acceptors (Lipinski definition) is 2. The van der Waals surface area contributed by atoms with Crippen LogP contribution in [0.5, 0.6) is 0 Å². The first-order valence-corrected chi connectivity index (χ1v) is 6.98. The molecule has 0 unspecified atom stereocenters. The van der Waals surface area contributed by atoms with Crippen LogP contribution >= 0.6 is 0 Å². The van der Waals surface area contributed by atoms with Crippen molar-refractivity contribution in [1.82, 2.24) is 10.2 Å². The zero-order valence-corrected chi connectivity index (χ0v) is 11.2. The zero-order chi connectivity index (χ0) is 14.2. The number of carboxylic acid groups (broad SMARTS) is 1. The highest BCUT2D eigenvalue weighted by molar-refractivity contribution is 5.93. The molecule has 1 heterocycles. The number of carbonyl (C=O) groups is 2. The minimum Gasteiger partial charge on any atom is -0.465 e. The maximum Gasteiger partial charge on any atom is 0.416 e. The van der Waals surface area contributed by atoms with Gasteiger partial charge in [0, 0.05) is 6.54 Å². The third-order valence-electron chi connectivity index (χ3n) is 4.62. The lowest BCUT2D eigenvalue weighted by atomic mass is 9.74. The summed E-state index contributed by atoms with van der Waals surface area (Å²) in [6, 6.07) is 9.83. The van der Waals surface area contributed by atoms with E-state index >= 15 is 0 Å². The van der Waals surface area contributed by atoms with E-state index < -0.39 is 17.7 Å². The van der Waals surface area contributed by atoms with Crippen molar-refractivity contribution < 1.29 is 14.7 Å². The van der Waals surface area contributed by atoms with E-state index in [1.807, 2.05) is 18.2 Å². The SMILES string of the molecule is O=C(O)N1C(=O)NCC12CCC(c1ccccc1)CC2. The Bertz CT molecular complexity index is 521. The van der Waals surface area contributed by atoms with Gasteiger partial charge in [0.1, 0.15) is 0 Å². The van der Waals surface area contributed by atoms with E-state index in [1.165, 1.54) is 5.56 Å². The van der Waals surface area contributed by atoms with Crippen molar-refractivity contribution in [1.29, 1.82) is 0 Å². The van der Waals surface area contributed by atoms with E-state index in [1.54, 1.807) is 0 Å². The number of nitrogens with zero attached hydrogens (tertiary/aromatic N) is 1. The number of amides is 3. The Morgan fingerprint density at radius 1 is 1.25 bits per heavy atom. The molecule has 1 spiro atoms. The van der Waals surface area contributed by atoms with E-state index in [0.29, 0.717) is 12.5 Å². The summed E-state index contributed by atoms with van der Waals surface area (Å²) in [5, 5.41) is 11.9. The molecule has 2 N–H and O–H groups in total. The Hall–Kier alpha value is -2.04. The number of urea groups is 1. The van der Waals surface area contributed by atoms with Crippen LogP contribution in [0.25, 0.3) is 0 Å². The summed E-state index contributed by atoms with van der Waals surface area (Å²) in [4.78, 5) is 24.0. The quantitative estimate of drug-likeness (QED) is 0.827. The summed E-state index contributed by atoms with van der Waals surface area (Å²) in [7, 11) is 0. The molecule has 1 saturated heterocycles. The Morgan fingerprint density at radius 3 is 2.50 bits per heavy atom. The van der Waals surface area contributed by atoms with Crippen LogP contribution in [0, 0.1) is 0 Å². The zero-order valence-electron chi connectivity index (χ0n) is 11.2. The molecule has 1 aromatic rings. The van der Waals surface area contributed by atoms with E-state index in [0.717, 1.165) is 30.6 Å². The number of imide groups is 1. The Morgan fingerprint density at radius 2 is 1.90 bits per heavy atom. The normalized spacial score (nSPS) is 29.5. The molecule has 106 valence electrons. The molecule has 1 aromatic carbocycles. The first-order chi connectivity index (χ1) is 9.62. The molecule has 0 bridgehead atoms. The van der Waals surface area contributed by atoms with Crippen LogP contribution in [0.15, 0.2) is 30.3 Å². The average Bonchev–Trinajstić information content (AvgIpc) is 2.77. The van der Waals surface area contributed by atoms with Gasteiger partial charge >= 0.3 is 12.1 Å². The van der Waals surface area contributed by atoms with E-state index in [2.05, 4.69) is 17.4 Å². The number of hydrogen-bond donors (Lipinski definition) is 2. The van der Waals surface area contributed by atoms with E-state index in [4.69, 9.17) is 0 Å². The molecule has 3 rings (SSSR count). The van der Waals surface area contributed by atoms with Gasteiger partial charge in [-0.2, -0.15) is 0 Å². The molecule has 1 saturated carbocycles. The highest BCUT2D eigenvalue weighted by Gasteiger charge is 2.50. The lowest BCUT2D eigenvalue weighted by Gasteiger charge is -2.40. The molecule has 20 heavy (non-hydrogen) atoms. The average molecular weight is 274 g/mol. The second kappa shape index (κ2) is 4.81. The highest BCUT2D eigenvalue weighted by Crippen LogP contribution is 2.42. The third kappa shape index (κ3) is 2.03. The molecule has 0 atom stereocenters. The summed E-state index contributed by atoms with van der Waals surface area (Å²) in [5.74, 6) is 0.466. The van der Waals surface area contributed by atoms with Crippen LogP contribution in [0.2, 0.25) is 0 Å². The maximum absolute atomic E-state index is 11.7. The fourth-order valence-electron chi connectivity index (χ4n) is 3.52. The lowest BCUT2D eigenvalue weighted by molar-refractivity contribution is 0.0943. The number of carbonyl (C=O) groups excluding carboxylic acids is 1. The van der Waals surface area contributed by atoms with E-state index in [-0.39, 0.29) is 0 Å². The molecule has 1 aliphatic carbocycles. The van der Waals surface area contributed by atoms with Crippen LogP contribution in [0.3, 0.4) is 0 Å². The summed E-state index contributed by atoms with van der Waals surface area (Å²) < 4.78 is 0. The summed E-state index contributed by atoms with van der Waals surface area (Å²) in [6.07, 6.45) is 2.17. The number of benzene rings is 1.